The van der Waals surface area contributed by atoms with Crippen LogP contribution in [0.25, 0.3) is 0 Å². The van der Waals surface area contributed by atoms with Gasteiger partial charge in [0.15, 0.2) is 0 Å². The van der Waals surface area contributed by atoms with E-state index in [-0.39, 0.29) is 22.6 Å². The molecule has 1 spiro atoms. The van der Waals surface area contributed by atoms with Crippen LogP contribution in [0.4, 0.5) is 4.79 Å². The van der Waals surface area contributed by atoms with E-state index in [9.17, 15) is 4.79 Å². The van der Waals surface area contributed by atoms with Crippen LogP contribution in [0.5, 0.6) is 0 Å². The van der Waals surface area contributed by atoms with Crippen molar-refractivity contribution in [3.63, 3.8) is 0 Å². The van der Waals surface area contributed by atoms with Crippen molar-refractivity contribution >= 4 is 6.03 Å². The highest BCUT2D eigenvalue weighted by Crippen LogP contribution is 2.43. The van der Waals surface area contributed by atoms with Gasteiger partial charge < -0.3 is 19.7 Å². The highest BCUT2D eigenvalue weighted by molar-refractivity contribution is 5.74. The standard InChI is InChI=1S/C23H34N2O3/c1-21(2)18-22(11-16-27-21,19-6-4-3-5-7-19)8-13-24-20(26)25-14-9-23(10-15-25)12-17-28-23/h3-7H,8-18H2,1-2H3,(H,24,26)/t22-/m0/s1. The number of carbonyl (C=O) groups is 1. The van der Waals surface area contributed by atoms with Gasteiger partial charge >= 0.3 is 6.03 Å². The summed E-state index contributed by atoms with van der Waals surface area (Å²) in [5, 5.41) is 3.19. The maximum Gasteiger partial charge on any atom is 0.317 e. The number of hydrogen-bond donors (Lipinski definition) is 1. The molecule has 5 heteroatoms. The molecular formula is C23H34N2O3. The van der Waals surface area contributed by atoms with Crippen LogP contribution in [-0.4, -0.2) is 55.0 Å². The lowest BCUT2D eigenvalue weighted by Gasteiger charge is -2.47. The molecule has 0 unspecified atom stereocenters. The second-order valence-corrected chi connectivity index (χ2v) is 9.43. The number of nitrogens with one attached hydrogen (secondary N) is 1. The van der Waals surface area contributed by atoms with Crippen LogP contribution >= 0.6 is 0 Å². The Morgan fingerprint density at radius 2 is 1.71 bits per heavy atom. The molecule has 5 nitrogen and oxygen atoms in total. The molecule has 0 aromatic heterocycles. The second-order valence-electron chi connectivity index (χ2n) is 9.43. The summed E-state index contributed by atoms with van der Waals surface area (Å²) in [6.45, 7) is 8.30. The van der Waals surface area contributed by atoms with Gasteiger partial charge in [-0.1, -0.05) is 30.3 Å². The normalized spacial score (nSPS) is 28.6. The number of piperidine rings is 1. The third kappa shape index (κ3) is 4.06. The van der Waals surface area contributed by atoms with Gasteiger partial charge in [-0.2, -0.15) is 0 Å². The fourth-order valence-corrected chi connectivity index (χ4v) is 5.30. The van der Waals surface area contributed by atoms with Crippen LogP contribution in [-0.2, 0) is 14.9 Å². The summed E-state index contributed by atoms with van der Waals surface area (Å²) in [6.07, 6.45) is 6.01. The Balaban J connectivity index is 1.35. The molecule has 4 rings (SSSR count). The number of carbonyl (C=O) groups excluding carboxylic acids is 1. The summed E-state index contributed by atoms with van der Waals surface area (Å²) in [4.78, 5) is 14.6. The van der Waals surface area contributed by atoms with E-state index in [1.54, 1.807) is 0 Å². The molecule has 0 aliphatic carbocycles. The van der Waals surface area contributed by atoms with Crippen molar-refractivity contribution in [3.05, 3.63) is 35.9 Å². The number of urea groups is 1. The SMILES string of the molecule is CC1(C)C[C@@](CCNC(=O)N2CCC3(CCO3)CC2)(c2ccccc2)CCO1. The number of benzene rings is 1. The van der Waals surface area contributed by atoms with Crippen molar-refractivity contribution in [1.29, 1.82) is 0 Å². The zero-order valence-corrected chi connectivity index (χ0v) is 17.3. The van der Waals surface area contributed by atoms with Gasteiger partial charge in [0.25, 0.3) is 0 Å². The zero-order valence-electron chi connectivity index (χ0n) is 17.3. The molecule has 0 saturated carbocycles. The number of amides is 2. The average molecular weight is 387 g/mol. The molecule has 3 aliphatic rings. The summed E-state index contributed by atoms with van der Waals surface area (Å²) in [7, 11) is 0. The van der Waals surface area contributed by atoms with Crippen LogP contribution in [0.15, 0.2) is 30.3 Å². The van der Waals surface area contributed by atoms with Crippen LogP contribution in [0, 0.1) is 0 Å². The van der Waals surface area contributed by atoms with E-state index in [2.05, 4.69) is 49.5 Å². The fourth-order valence-electron chi connectivity index (χ4n) is 5.30. The Morgan fingerprint density at radius 1 is 1.04 bits per heavy atom. The summed E-state index contributed by atoms with van der Waals surface area (Å²) < 4.78 is 11.8. The molecule has 1 aromatic carbocycles. The molecule has 154 valence electrons. The molecule has 1 N–H and O–H groups in total. The van der Waals surface area contributed by atoms with Gasteiger partial charge in [-0.25, -0.2) is 4.79 Å². The fraction of sp³-hybridized carbons (Fsp3) is 0.696. The Bertz CT molecular complexity index is 676. The Hall–Kier alpha value is -1.59. The highest BCUT2D eigenvalue weighted by Gasteiger charge is 2.43. The largest absolute Gasteiger partial charge is 0.376 e. The van der Waals surface area contributed by atoms with E-state index in [1.165, 1.54) is 5.56 Å². The summed E-state index contributed by atoms with van der Waals surface area (Å²) in [5.74, 6) is 0. The lowest BCUT2D eigenvalue weighted by atomic mass is 9.67. The molecule has 2 amide bonds. The number of rotatable bonds is 4. The van der Waals surface area contributed by atoms with Crippen LogP contribution in [0.1, 0.15) is 57.9 Å². The van der Waals surface area contributed by atoms with Crippen LogP contribution < -0.4 is 5.32 Å². The molecule has 3 aliphatic heterocycles. The van der Waals surface area contributed by atoms with E-state index in [0.29, 0.717) is 6.54 Å². The molecule has 0 radical (unpaired) electrons. The number of hydrogen-bond acceptors (Lipinski definition) is 3. The van der Waals surface area contributed by atoms with Crippen molar-refractivity contribution in [2.45, 2.75) is 69.0 Å². The van der Waals surface area contributed by atoms with E-state index in [0.717, 1.165) is 64.8 Å². The first kappa shape index (κ1) is 19.7. The Kier molecular flexibility index (Phi) is 5.41. The van der Waals surface area contributed by atoms with Crippen molar-refractivity contribution in [3.8, 4) is 0 Å². The molecule has 1 atom stereocenters. The van der Waals surface area contributed by atoms with E-state index in [1.807, 2.05) is 4.90 Å². The van der Waals surface area contributed by atoms with Gasteiger partial charge in [0.1, 0.15) is 0 Å². The molecule has 3 heterocycles. The van der Waals surface area contributed by atoms with Gasteiger partial charge in [0, 0.05) is 31.7 Å². The average Bonchev–Trinajstić information content (AvgIpc) is 2.67. The number of nitrogens with zero attached hydrogens (tertiary/aromatic N) is 1. The Labute approximate surface area is 168 Å². The van der Waals surface area contributed by atoms with E-state index < -0.39 is 0 Å². The highest BCUT2D eigenvalue weighted by atomic mass is 16.5. The minimum Gasteiger partial charge on any atom is -0.376 e. The first-order valence-electron chi connectivity index (χ1n) is 10.8. The third-order valence-corrected chi connectivity index (χ3v) is 7.03. The van der Waals surface area contributed by atoms with Crippen molar-refractivity contribution in [2.75, 3.05) is 32.8 Å². The lowest BCUT2D eigenvalue weighted by molar-refractivity contribution is -0.169. The second kappa shape index (κ2) is 7.68. The molecule has 1 aromatic rings. The molecular weight excluding hydrogens is 352 g/mol. The van der Waals surface area contributed by atoms with E-state index in [4.69, 9.17) is 9.47 Å². The maximum absolute atomic E-state index is 12.7. The van der Waals surface area contributed by atoms with Gasteiger partial charge in [-0.05, 0) is 57.9 Å². The topological polar surface area (TPSA) is 50.8 Å². The van der Waals surface area contributed by atoms with Crippen molar-refractivity contribution in [1.82, 2.24) is 10.2 Å². The van der Waals surface area contributed by atoms with Gasteiger partial charge in [-0.15, -0.1) is 0 Å². The molecule has 3 saturated heterocycles. The van der Waals surface area contributed by atoms with Gasteiger partial charge in [0.2, 0.25) is 0 Å². The minimum atomic E-state index is -0.137. The smallest absolute Gasteiger partial charge is 0.317 e. The predicted octanol–water partition coefficient (Wildman–Crippen LogP) is 3.87. The van der Waals surface area contributed by atoms with Crippen LogP contribution in [0.3, 0.4) is 0 Å². The van der Waals surface area contributed by atoms with Gasteiger partial charge in [-0.3, -0.25) is 0 Å². The van der Waals surface area contributed by atoms with Crippen molar-refractivity contribution in [2.24, 2.45) is 0 Å². The minimum absolute atomic E-state index is 0.0576. The van der Waals surface area contributed by atoms with E-state index >= 15 is 0 Å². The first-order chi connectivity index (χ1) is 13.4. The number of likely N-dealkylation sites (tertiary alicyclic amines) is 1. The third-order valence-electron chi connectivity index (χ3n) is 7.03. The quantitative estimate of drug-likeness (QED) is 0.855. The number of ether oxygens (including phenoxy) is 2. The lowest BCUT2D eigenvalue weighted by Crippen LogP contribution is -2.55. The summed E-state index contributed by atoms with van der Waals surface area (Å²) in [5.41, 5.74) is 1.37. The monoisotopic (exact) mass is 386 g/mol. The Morgan fingerprint density at radius 3 is 2.32 bits per heavy atom. The zero-order chi connectivity index (χ0) is 19.7. The summed E-state index contributed by atoms with van der Waals surface area (Å²) >= 11 is 0. The van der Waals surface area contributed by atoms with Crippen LogP contribution in [0.2, 0.25) is 0 Å². The summed E-state index contributed by atoms with van der Waals surface area (Å²) in [6, 6.07) is 10.8. The van der Waals surface area contributed by atoms with Crippen molar-refractivity contribution < 1.29 is 14.3 Å². The first-order valence-corrected chi connectivity index (χ1v) is 10.8. The maximum atomic E-state index is 12.7. The van der Waals surface area contributed by atoms with Gasteiger partial charge in [0.05, 0.1) is 17.8 Å². The predicted molar refractivity (Wildman–Crippen MR) is 110 cm³/mol. The molecule has 3 fully saturated rings. The molecule has 28 heavy (non-hydrogen) atoms. The molecule has 0 bridgehead atoms.